The van der Waals surface area contributed by atoms with Gasteiger partial charge in [-0.1, -0.05) is 31.1 Å². The maximum absolute atomic E-state index is 12.2. The normalized spacial score (nSPS) is 26.4. The summed E-state index contributed by atoms with van der Waals surface area (Å²) in [6.45, 7) is 4.52. The molecule has 2 rings (SSSR count). The Labute approximate surface area is 125 Å². The SMILES string of the molecule is CC1CCC(NC(=O)c2ccc(C(N)=NO)cc2)CC1C. The van der Waals surface area contributed by atoms with E-state index in [2.05, 4.69) is 24.3 Å². The molecule has 4 N–H and O–H groups in total. The Hall–Kier alpha value is -2.04. The lowest BCUT2D eigenvalue weighted by molar-refractivity contribution is 0.0910. The average Bonchev–Trinajstić information content (AvgIpc) is 2.50. The lowest BCUT2D eigenvalue weighted by Crippen LogP contribution is -2.39. The Morgan fingerprint density at radius 3 is 2.38 bits per heavy atom. The van der Waals surface area contributed by atoms with Crippen LogP contribution in [0.5, 0.6) is 0 Å². The number of amides is 1. The zero-order valence-corrected chi connectivity index (χ0v) is 12.5. The first-order valence-corrected chi connectivity index (χ1v) is 7.40. The van der Waals surface area contributed by atoms with Gasteiger partial charge < -0.3 is 16.3 Å². The monoisotopic (exact) mass is 289 g/mol. The van der Waals surface area contributed by atoms with Crippen LogP contribution in [0.3, 0.4) is 0 Å². The van der Waals surface area contributed by atoms with Gasteiger partial charge in [0.15, 0.2) is 5.84 Å². The Kier molecular flexibility index (Phi) is 4.83. The number of rotatable bonds is 3. The number of carbonyl (C=O) groups is 1. The molecule has 0 bridgehead atoms. The van der Waals surface area contributed by atoms with Gasteiger partial charge in [0.1, 0.15) is 0 Å². The highest BCUT2D eigenvalue weighted by atomic mass is 16.4. The number of benzene rings is 1. The Bertz CT molecular complexity index is 525. The molecule has 0 heterocycles. The third-order valence-electron chi connectivity index (χ3n) is 4.48. The van der Waals surface area contributed by atoms with Crippen molar-refractivity contribution in [3.63, 3.8) is 0 Å². The van der Waals surface area contributed by atoms with Gasteiger partial charge in [0.25, 0.3) is 5.91 Å². The Morgan fingerprint density at radius 1 is 1.19 bits per heavy atom. The van der Waals surface area contributed by atoms with E-state index in [1.54, 1.807) is 24.3 Å². The van der Waals surface area contributed by atoms with Crippen LogP contribution in [0.15, 0.2) is 29.4 Å². The van der Waals surface area contributed by atoms with Gasteiger partial charge in [0, 0.05) is 17.2 Å². The summed E-state index contributed by atoms with van der Waals surface area (Å²) in [5.41, 5.74) is 6.68. The van der Waals surface area contributed by atoms with Crippen LogP contribution in [0.25, 0.3) is 0 Å². The third-order valence-corrected chi connectivity index (χ3v) is 4.48. The van der Waals surface area contributed by atoms with Gasteiger partial charge in [0.2, 0.25) is 0 Å². The lowest BCUT2D eigenvalue weighted by atomic mass is 9.79. The molecule has 0 spiro atoms. The molecule has 21 heavy (non-hydrogen) atoms. The Balaban J connectivity index is 1.97. The van der Waals surface area contributed by atoms with Crippen molar-refractivity contribution in [2.75, 3.05) is 0 Å². The van der Waals surface area contributed by atoms with Crippen molar-refractivity contribution in [2.24, 2.45) is 22.7 Å². The van der Waals surface area contributed by atoms with Crippen molar-refractivity contribution in [3.8, 4) is 0 Å². The van der Waals surface area contributed by atoms with Crippen molar-refractivity contribution < 1.29 is 10.0 Å². The van der Waals surface area contributed by atoms with E-state index in [-0.39, 0.29) is 17.8 Å². The average molecular weight is 289 g/mol. The van der Waals surface area contributed by atoms with E-state index in [1.807, 2.05) is 0 Å². The first-order chi connectivity index (χ1) is 10.0. The molecule has 1 aliphatic rings. The number of oxime groups is 1. The van der Waals surface area contributed by atoms with Gasteiger partial charge in [-0.25, -0.2) is 0 Å². The molecule has 5 heteroatoms. The van der Waals surface area contributed by atoms with Gasteiger partial charge in [0.05, 0.1) is 0 Å². The summed E-state index contributed by atoms with van der Waals surface area (Å²) < 4.78 is 0. The largest absolute Gasteiger partial charge is 0.409 e. The molecular weight excluding hydrogens is 266 g/mol. The second-order valence-electron chi connectivity index (χ2n) is 6.00. The minimum Gasteiger partial charge on any atom is -0.409 e. The molecular formula is C16H23N3O2. The minimum atomic E-state index is -0.0622. The highest BCUT2D eigenvalue weighted by Gasteiger charge is 2.25. The van der Waals surface area contributed by atoms with E-state index in [1.165, 1.54) is 0 Å². The lowest BCUT2D eigenvalue weighted by Gasteiger charge is -2.32. The second-order valence-corrected chi connectivity index (χ2v) is 6.00. The molecule has 1 aliphatic carbocycles. The summed E-state index contributed by atoms with van der Waals surface area (Å²) in [6, 6.07) is 6.99. The first kappa shape index (κ1) is 15.4. The molecule has 3 unspecified atom stereocenters. The highest BCUT2D eigenvalue weighted by molar-refractivity contribution is 5.99. The van der Waals surface area contributed by atoms with E-state index in [0.29, 0.717) is 17.0 Å². The molecule has 0 saturated heterocycles. The van der Waals surface area contributed by atoms with Crippen molar-refractivity contribution in [1.82, 2.24) is 5.32 Å². The fraction of sp³-hybridized carbons (Fsp3) is 0.500. The molecule has 1 saturated carbocycles. The number of nitrogens with zero attached hydrogens (tertiary/aromatic N) is 1. The molecule has 5 nitrogen and oxygen atoms in total. The molecule has 3 atom stereocenters. The van der Waals surface area contributed by atoms with Crippen LogP contribution in [0.4, 0.5) is 0 Å². The maximum atomic E-state index is 12.2. The van der Waals surface area contributed by atoms with Crippen LogP contribution in [-0.2, 0) is 0 Å². The zero-order valence-electron chi connectivity index (χ0n) is 12.5. The smallest absolute Gasteiger partial charge is 0.251 e. The highest BCUT2D eigenvalue weighted by Crippen LogP contribution is 2.29. The number of carbonyl (C=O) groups excluding carboxylic acids is 1. The van der Waals surface area contributed by atoms with Gasteiger partial charge in [-0.15, -0.1) is 0 Å². The zero-order chi connectivity index (χ0) is 15.4. The van der Waals surface area contributed by atoms with Gasteiger partial charge in [-0.2, -0.15) is 0 Å². The van der Waals surface area contributed by atoms with E-state index in [9.17, 15) is 4.79 Å². The van der Waals surface area contributed by atoms with Crippen molar-refractivity contribution in [1.29, 1.82) is 0 Å². The number of amidine groups is 1. The van der Waals surface area contributed by atoms with Crippen LogP contribution in [0, 0.1) is 11.8 Å². The summed E-state index contributed by atoms with van der Waals surface area (Å²) in [5, 5.41) is 14.6. The number of hydrogen-bond donors (Lipinski definition) is 3. The standard InChI is InChI=1S/C16H23N3O2/c1-10-3-8-14(9-11(10)2)18-16(20)13-6-4-12(5-7-13)15(17)19-21/h4-7,10-11,14,21H,3,8-9H2,1-2H3,(H2,17,19)(H,18,20). The quantitative estimate of drug-likeness (QED) is 0.345. The van der Waals surface area contributed by atoms with Gasteiger partial charge in [-0.05, 0) is 43.2 Å². The second kappa shape index (κ2) is 6.61. The van der Waals surface area contributed by atoms with Crippen molar-refractivity contribution in [2.45, 2.75) is 39.2 Å². The van der Waals surface area contributed by atoms with Crippen molar-refractivity contribution >= 4 is 11.7 Å². The predicted molar refractivity (Wildman–Crippen MR) is 82.4 cm³/mol. The fourth-order valence-corrected chi connectivity index (χ4v) is 2.80. The number of hydrogen-bond acceptors (Lipinski definition) is 3. The predicted octanol–water partition coefficient (Wildman–Crippen LogP) is 2.34. The fourth-order valence-electron chi connectivity index (χ4n) is 2.80. The topological polar surface area (TPSA) is 87.7 Å². The Morgan fingerprint density at radius 2 is 1.81 bits per heavy atom. The molecule has 1 amide bonds. The molecule has 1 fully saturated rings. The minimum absolute atomic E-state index is 0.0389. The van der Waals surface area contributed by atoms with Crippen LogP contribution in [-0.4, -0.2) is 23.0 Å². The van der Waals surface area contributed by atoms with E-state index < -0.39 is 0 Å². The number of nitrogens with one attached hydrogen (secondary N) is 1. The molecule has 0 aliphatic heterocycles. The molecule has 114 valence electrons. The van der Waals surface area contributed by atoms with Crippen LogP contribution in [0.1, 0.15) is 49.0 Å². The van der Waals surface area contributed by atoms with Crippen LogP contribution < -0.4 is 11.1 Å². The molecule has 1 aromatic rings. The van der Waals surface area contributed by atoms with Crippen molar-refractivity contribution in [3.05, 3.63) is 35.4 Å². The van der Waals surface area contributed by atoms with Crippen LogP contribution >= 0.6 is 0 Å². The summed E-state index contributed by atoms with van der Waals surface area (Å²) in [5.74, 6) is 1.36. The van der Waals surface area contributed by atoms with Gasteiger partial charge in [-0.3, -0.25) is 4.79 Å². The third kappa shape index (κ3) is 3.74. The van der Waals surface area contributed by atoms with E-state index in [4.69, 9.17) is 10.9 Å². The van der Waals surface area contributed by atoms with E-state index >= 15 is 0 Å². The first-order valence-electron chi connectivity index (χ1n) is 7.40. The maximum Gasteiger partial charge on any atom is 0.251 e. The summed E-state index contributed by atoms with van der Waals surface area (Å²) in [7, 11) is 0. The number of nitrogens with two attached hydrogens (primary N) is 1. The van der Waals surface area contributed by atoms with Gasteiger partial charge >= 0.3 is 0 Å². The summed E-state index contributed by atoms with van der Waals surface area (Å²) in [6.07, 6.45) is 3.24. The summed E-state index contributed by atoms with van der Waals surface area (Å²) in [4.78, 5) is 12.2. The molecule has 0 aromatic heterocycles. The molecule has 0 radical (unpaired) electrons. The molecule has 1 aromatic carbocycles. The van der Waals surface area contributed by atoms with Crippen LogP contribution in [0.2, 0.25) is 0 Å². The van der Waals surface area contributed by atoms with E-state index in [0.717, 1.165) is 25.2 Å². The summed E-state index contributed by atoms with van der Waals surface area (Å²) >= 11 is 0.